The normalized spacial score (nSPS) is 11.1. The monoisotopic (exact) mass is 245 g/mol. The predicted molar refractivity (Wildman–Crippen MR) is 73.3 cm³/mol. The molecular weight excluding hydrogens is 226 g/mol. The SMILES string of the molecule is CCc1cn(CC)c2c(CC)cc(C(=O)O)cc12. The number of carboxylic acid groups (broad SMARTS) is 1. The number of rotatable bonds is 4. The van der Waals surface area contributed by atoms with Gasteiger partial charge in [-0.05, 0) is 43.0 Å². The minimum atomic E-state index is -0.849. The van der Waals surface area contributed by atoms with Crippen molar-refractivity contribution in [1.29, 1.82) is 0 Å². The van der Waals surface area contributed by atoms with Gasteiger partial charge in [-0.2, -0.15) is 0 Å². The van der Waals surface area contributed by atoms with Crippen molar-refractivity contribution in [3.05, 3.63) is 35.0 Å². The van der Waals surface area contributed by atoms with Crippen LogP contribution in [0.2, 0.25) is 0 Å². The molecule has 3 nitrogen and oxygen atoms in total. The highest BCUT2D eigenvalue weighted by Gasteiger charge is 2.14. The molecule has 0 fully saturated rings. The topological polar surface area (TPSA) is 42.2 Å². The average molecular weight is 245 g/mol. The molecule has 0 aliphatic rings. The smallest absolute Gasteiger partial charge is 0.335 e. The molecule has 1 aromatic heterocycles. The summed E-state index contributed by atoms with van der Waals surface area (Å²) >= 11 is 0. The van der Waals surface area contributed by atoms with E-state index >= 15 is 0 Å². The first-order valence-electron chi connectivity index (χ1n) is 6.50. The van der Waals surface area contributed by atoms with Crippen molar-refractivity contribution in [2.75, 3.05) is 0 Å². The van der Waals surface area contributed by atoms with Gasteiger partial charge >= 0.3 is 5.97 Å². The summed E-state index contributed by atoms with van der Waals surface area (Å²) in [4.78, 5) is 11.2. The predicted octanol–water partition coefficient (Wildman–Crippen LogP) is 3.48. The quantitative estimate of drug-likeness (QED) is 0.896. The van der Waals surface area contributed by atoms with Crippen LogP contribution in [0.1, 0.15) is 42.3 Å². The lowest BCUT2D eigenvalue weighted by Gasteiger charge is -2.07. The van der Waals surface area contributed by atoms with E-state index in [4.69, 9.17) is 0 Å². The number of hydrogen-bond acceptors (Lipinski definition) is 1. The summed E-state index contributed by atoms with van der Waals surface area (Å²) in [5, 5.41) is 10.3. The van der Waals surface area contributed by atoms with Crippen LogP contribution in [-0.4, -0.2) is 15.6 Å². The molecule has 2 aromatic rings. The van der Waals surface area contributed by atoms with Crippen LogP contribution >= 0.6 is 0 Å². The van der Waals surface area contributed by atoms with E-state index in [2.05, 4.69) is 31.5 Å². The number of aryl methyl sites for hydroxylation is 3. The Kier molecular flexibility index (Phi) is 3.41. The standard InChI is InChI=1S/C15H19NO2/c1-4-10-7-12(15(17)18)8-13-11(5-2)9-16(6-3)14(10)13/h7-9H,4-6H2,1-3H3,(H,17,18). The number of fused-ring (bicyclic) bond motifs is 1. The second kappa shape index (κ2) is 4.84. The van der Waals surface area contributed by atoms with Crippen LogP contribution in [0.3, 0.4) is 0 Å². The van der Waals surface area contributed by atoms with Gasteiger partial charge in [-0.25, -0.2) is 4.79 Å². The van der Waals surface area contributed by atoms with E-state index in [0.717, 1.165) is 30.3 Å². The van der Waals surface area contributed by atoms with Crippen LogP contribution in [0, 0.1) is 0 Å². The lowest BCUT2D eigenvalue weighted by atomic mass is 10.0. The van der Waals surface area contributed by atoms with Crippen LogP contribution in [0.25, 0.3) is 10.9 Å². The fourth-order valence-corrected chi connectivity index (χ4v) is 2.52. The van der Waals surface area contributed by atoms with Gasteiger partial charge in [0.1, 0.15) is 0 Å². The Labute approximate surface area is 107 Å². The summed E-state index contributed by atoms with van der Waals surface area (Å²) in [6.45, 7) is 7.20. The van der Waals surface area contributed by atoms with Gasteiger partial charge in [-0.15, -0.1) is 0 Å². The second-order valence-electron chi connectivity index (χ2n) is 4.48. The molecular formula is C15H19NO2. The maximum atomic E-state index is 11.2. The Morgan fingerprint density at radius 3 is 2.33 bits per heavy atom. The van der Waals surface area contributed by atoms with Crippen molar-refractivity contribution in [3.8, 4) is 0 Å². The van der Waals surface area contributed by atoms with Gasteiger partial charge in [0.2, 0.25) is 0 Å². The third kappa shape index (κ3) is 1.90. The summed E-state index contributed by atoms with van der Waals surface area (Å²) in [6, 6.07) is 3.61. The zero-order valence-corrected chi connectivity index (χ0v) is 11.2. The van der Waals surface area contributed by atoms with Crippen molar-refractivity contribution < 1.29 is 9.90 Å². The minimum Gasteiger partial charge on any atom is -0.478 e. The molecule has 0 aliphatic carbocycles. The zero-order valence-electron chi connectivity index (χ0n) is 11.2. The van der Waals surface area contributed by atoms with Gasteiger partial charge in [0.15, 0.2) is 0 Å². The Hall–Kier alpha value is -1.77. The van der Waals surface area contributed by atoms with Gasteiger partial charge in [0.05, 0.1) is 11.1 Å². The van der Waals surface area contributed by atoms with Crippen molar-refractivity contribution in [1.82, 2.24) is 4.57 Å². The van der Waals surface area contributed by atoms with Crippen LogP contribution in [0.5, 0.6) is 0 Å². The summed E-state index contributed by atoms with van der Waals surface area (Å²) in [6.07, 6.45) is 3.93. The number of aromatic carboxylic acids is 1. The third-order valence-corrected chi connectivity index (χ3v) is 3.48. The van der Waals surface area contributed by atoms with Gasteiger partial charge in [-0.1, -0.05) is 13.8 Å². The van der Waals surface area contributed by atoms with Crippen molar-refractivity contribution in [2.24, 2.45) is 0 Å². The number of carbonyl (C=O) groups is 1. The fraction of sp³-hybridized carbons (Fsp3) is 0.400. The maximum Gasteiger partial charge on any atom is 0.335 e. The number of benzene rings is 1. The van der Waals surface area contributed by atoms with E-state index in [9.17, 15) is 9.90 Å². The summed E-state index contributed by atoms with van der Waals surface area (Å²) in [5.74, 6) is -0.849. The molecule has 2 rings (SSSR count). The average Bonchev–Trinajstić information content (AvgIpc) is 2.75. The molecule has 0 aliphatic heterocycles. The second-order valence-corrected chi connectivity index (χ2v) is 4.48. The van der Waals surface area contributed by atoms with Gasteiger partial charge in [0.25, 0.3) is 0 Å². The minimum absolute atomic E-state index is 0.392. The fourth-order valence-electron chi connectivity index (χ4n) is 2.52. The molecule has 0 saturated heterocycles. The van der Waals surface area contributed by atoms with Crippen LogP contribution in [-0.2, 0) is 19.4 Å². The van der Waals surface area contributed by atoms with Gasteiger partial charge < -0.3 is 9.67 Å². The first kappa shape index (κ1) is 12.7. The van der Waals surface area contributed by atoms with Crippen molar-refractivity contribution in [2.45, 2.75) is 40.2 Å². The largest absolute Gasteiger partial charge is 0.478 e. The molecule has 3 heteroatoms. The van der Waals surface area contributed by atoms with E-state index in [1.807, 2.05) is 6.07 Å². The van der Waals surface area contributed by atoms with Crippen molar-refractivity contribution >= 4 is 16.9 Å². The molecule has 0 bridgehead atoms. The number of aromatic nitrogens is 1. The molecule has 0 radical (unpaired) electrons. The number of carboxylic acids is 1. The van der Waals surface area contributed by atoms with E-state index in [0.29, 0.717) is 5.56 Å². The Balaban J connectivity index is 2.83. The lowest BCUT2D eigenvalue weighted by molar-refractivity contribution is 0.0697. The number of hydrogen-bond donors (Lipinski definition) is 1. The highest BCUT2D eigenvalue weighted by atomic mass is 16.4. The van der Waals surface area contributed by atoms with Crippen LogP contribution in [0.15, 0.2) is 18.3 Å². The summed E-state index contributed by atoms with van der Waals surface area (Å²) < 4.78 is 2.22. The summed E-state index contributed by atoms with van der Waals surface area (Å²) in [7, 11) is 0. The molecule has 1 aromatic carbocycles. The van der Waals surface area contributed by atoms with E-state index in [1.54, 1.807) is 6.07 Å². The molecule has 0 saturated carbocycles. The first-order valence-corrected chi connectivity index (χ1v) is 6.50. The van der Waals surface area contributed by atoms with E-state index in [1.165, 1.54) is 11.1 Å². The Morgan fingerprint density at radius 1 is 1.17 bits per heavy atom. The van der Waals surface area contributed by atoms with Gasteiger partial charge in [-0.3, -0.25) is 0 Å². The Bertz CT molecular complexity index is 596. The number of nitrogens with zero attached hydrogens (tertiary/aromatic N) is 1. The van der Waals surface area contributed by atoms with Crippen molar-refractivity contribution in [3.63, 3.8) is 0 Å². The molecule has 0 amide bonds. The molecule has 1 heterocycles. The van der Waals surface area contributed by atoms with Crippen LogP contribution < -0.4 is 0 Å². The summed E-state index contributed by atoms with van der Waals surface area (Å²) in [5.41, 5.74) is 3.93. The first-order chi connectivity index (χ1) is 8.62. The Morgan fingerprint density at radius 2 is 1.83 bits per heavy atom. The lowest BCUT2D eigenvalue weighted by Crippen LogP contribution is -2.00. The van der Waals surface area contributed by atoms with E-state index in [-0.39, 0.29) is 0 Å². The third-order valence-electron chi connectivity index (χ3n) is 3.48. The van der Waals surface area contributed by atoms with Gasteiger partial charge in [0, 0.05) is 18.1 Å². The van der Waals surface area contributed by atoms with Crippen LogP contribution in [0.4, 0.5) is 0 Å². The maximum absolute atomic E-state index is 11.2. The molecule has 18 heavy (non-hydrogen) atoms. The molecule has 1 N–H and O–H groups in total. The molecule has 96 valence electrons. The van der Waals surface area contributed by atoms with E-state index < -0.39 is 5.97 Å². The highest BCUT2D eigenvalue weighted by Crippen LogP contribution is 2.27. The molecule has 0 spiro atoms. The highest BCUT2D eigenvalue weighted by molar-refractivity contribution is 5.96. The zero-order chi connectivity index (χ0) is 13.3. The molecule has 0 atom stereocenters. The molecule has 0 unspecified atom stereocenters.